The molecule has 1 heterocycles. The van der Waals surface area contributed by atoms with Crippen LogP contribution in [0.5, 0.6) is 0 Å². The summed E-state index contributed by atoms with van der Waals surface area (Å²) in [6, 6.07) is 12.1. The van der Waals surface area contributed by atoms with Crippen LogP contribution in [0.25, 0.3) is 0 Å². The van der Waals surface area contributed by atoms with Gasteiger partial charge in [-0.05, 0) is 25.1 Å². The molecular formula is C14H17N3O2S. The molecule has 0 radical (unpaired) electrons. The third-order valence-electron chi connectivity index (χ3n) is 2.91. The molecule has 0 amide bonds. The summed E-state index contributed by atoms with van der Waals surface area (Å²) in [6.07, 6.45) is 1.48. The van der Waals surface area contributed by atoms with Crippen molar-refractivity contribution in [3.05, 3.63) is 48.7 Å². The first-order chi connectivity index (χ1) is 9.59. The van der Waals surface area contributed by atoms with Crippen LogP contribution in [-0.4, -0.2) is 27.0 Å². The summed E-state index contributed by atoms with van der Waals surface area (Å²) in [5.41, 5.74) is 0.651. The predicted octanol–water partition coefficient (Wildman–Crippen LogP) is 2.34. The molecule has 1 aromatic heterocycles. The molecule has 0 aliphatic heterocycles. The summed E-state index contributed by atoms with van der Waals surface area (Å²) < 4.78 is 26.8. The quantitative estimate of drug-likeness (QED) is 0.918. The van der Waals surface area contributed by atoms with E-state index in [1.165, 1.54) is 22.6 Å². The summed E-state index contributed by atoms with van der Waals surface area (Å²) in [7, 11) is -1.88. The Bertz CT molecular complexity index is 672. The first kappa shape index (κ1) is 14.3. The number of benzene rings is 1. The van der Waals surface area contributed by atoms with Gasteiger partial charge in [-0.15, -0.1) is 0 Å². The average molecular weight is 291 g/mol. The van der Waals surface area contributed by atoms with Gasteiger partial charge in [-0.25, -0.2) is 13.4 Å². The van der Waals surface area contributed by atoms with Crippen LogP contribution in [0.4, 0.5) is 11.5 Å². The lowest BCUT2D eigenvalue weighted by molar-refractivity contribution is 0.592. The van der Waals surface area contributed by atoms with Crippen LogP contribution in [0.3, 0.4) is 0 Å². The van der Waals surface area contributed by atoms with Crippen molar-refractivity contribution in [1.82, 2.24) is 4.98 Å². The maximum atomic E-state index is 12.7. The van der Waals surface area contributed by atoms with Gasteiger partial charge in [0.2, 0.25) is 0 Å². The van der Waals surface area contributed by atoms with Crippen LogP contribution in [0.1, 0.15) is 6.92 Å². The monoisotopic (exact) mass is 291 g/mol. The van der Waals surface area contributed by atoms with E-state index in [4.69, 9.17) is 0 Å². The lowest BCUT2D eigenvalue weighted by Gasteiger charge is -2.23. The van der Waals surface area contributed by atoms with E-state index in [-0.39, 0.29) is 4.90 Å². The van der Waals surface area contributed by atoms with Gasteiger partial charge in [-0.3, -0.25) is 4.31 Å². The molecule has 2 aromatic rings. The van der Waals surface area contributed by atoms with Gasteiger partial charge < -0.3 is 5.32 Å². The van der Waals surface area contributed by atoms with E-state index in [0.29, 0.717) is 18.1 Å². The van der Waals surface area contributed by atoms with Crippen molar-refractivity contribution in [3.8, 4) is 0 Å². The Morgan fingerprint density at radius 3 is 2.50 bits per heavy atom. The van der Waals surface area contributed by atoms with Crippen LogP contribution in [0.2, 0.25) is 0 Å². The van der Waals surface area contributed by atoms with Gasteiger partial charge in [-0.1, -0.05) is 18.2 Å². The van der Waals surface area contributed by atoms with E-state index in [1.807, 2.05) is 25.1 Å². The van der Waals surface area contributed by atoms with Crippen molar-refractivity contribution < 1.29 is 8.42 Å². The maximum Gasteiger partial charge on any atom is 0.264 e. The predicted molar refractivity (Wildman–Crippen MR) is 80.4 cm³/mol. The molecule has 0 saturated heterocycles. The lowest BCUT2D eigenvalue weighted by Crippen LogP contribution is -2.30. The molecular weight excluding hydrogens is 274 g/mol. The second-order valence-electron chi connectivity index (χ2n) is 4.13. The van der Waals surface area contributed by atoms with Crippen molar-refractivity contribution >= 4 is 21.5 Å². The minimum Gasteiger partial charge on any atom is -0.373 e. The van der Waals surface area contributed by atoms with Gasteiger partial charge in [0.15, 0.2) is 0 Å². The SMILES string of the molecule is CCN(c1ccccc1)S(=O)(=O)c1ccnc(NC)c1. The number of hydrogen-bond donors (Lipinski definition) is 1. The Labute approximate surface area is 119 Å². The number of nitrogens with zero attached hydrogens (tertiary/aromatic N) is 2. The first-order valence-corrected chi connectivity index (χ1v) is 7.75. The van der Waals surface area contributed by atoms with Gasteiger partial charge >= 0.3 is 0 Å². The molecule has 0 aliphatic rings. The van der Waals surface area contributed by atoms with Crippen LogP contribution >= 0.6 is 0 Å². The largest absolute Gasteiger partial charge is 0.373 e. The number of nitrogens with one attached hydrogen (secondary N) is 1. The van der Waals surface area contributed by atoms with Gasteiger partial charge in [0, 0.05) is 25.9 Å². The zero-order chi connectivity index (χ0) is 14.6. The standard InChI is InChI=1S/C14H17N3O2S/c1-3-17(12-7-5-4-6-8-12)20(18,19)13-9-10-16-14(11-13)15-2/h4-11H,3H2,1-2H3,(H,15,16). The van der Waals surface area contributed by atoms with E-state index < -0.39 is 10.0 Å². The van der Waals surface area contributed by atoms with Crippen molar-refractivity contribution in [2.75, 3.05) is 23.2 Å². The highest BCUT2D eigenvalue weighted by atomic mass is 32.2. The Hall–Kier alpha value is -2.08. The highest BCUT2D eigenvalue weighted by Gasteiger charge is 2.23. The van der Waals surface area contributed by atoms with E-state index in [0.717, 1.165) is 0 Å². The zero-order valence-corrected chi connectivity index (χ0v) is 12.3. The van der Waals surface area contributed by atoms with Crippen LogP contribution in [-0.2, 0) is 10.0 Å². The smallest absolute Gasteiger partial charge is 0.264 e. The van der Waals surface area contributed by atoms with Crippen LogP contribution < -0.4 is 9.62 Å². The van der Waals surface area contributed by atoms with E-state index in [2.05, 4.69) is 10.3 Å². The number of anilines is 2. The fourth-order valence-corrected chi connectivity index (χ4v) is 3.41. The minimum atomic E-state index is -3.58. The normalized spacial score (nSPS) is 11.1. The molecule has 0 saturated carbocycles. The van der Waals surface area contributed by atoms with Gasteiger partial charge in [0.05, 0.1) is 10.6 Å². The molecule has 0 atom stereocenters. The van der Waals surface area contributed by atoms with E-state index >= 15 is 0 Å². The lowest BCUT2D eigenvalue weighted by atomic mass is 10.3. The summed E-state index contributed by atoms with van der Waals surface area (Å²) in [4.78, 5) is 4.26. The molecule has 0 bridgehead atoms. The third-order valence-corrected chi connectivity index (χ3v) is 4.81. The van der Waals surface area contributed by atoms with E-state index in [9.17, 15) is 8.42 Å². The Kier molecular flexibility index (Phi) is 4.24. The highest BCUT2D eigenvalue weighted by molar-refractivity contribution is 7.92. The summed E-state index contributed by atoms with van der Waals surface area (Å²) >= 11 is 0. The Morgan fingerprint density at radius 1 is 1.20 bits per heavy atom. The molecule has 6 heteroatoms. The fraction of sp³-hybridized carbons (Fsp3) is 0.214. The van der Waals surface area contributed by atoms with Crippen molar-refractivity contribution in [3.63, 3.8) is 0 Å². The molecule has 0 unspecified atom stereocenters. The van der Waals surface area contributed by atoms with Gasteiger partial charge in [0.1, 0.15) is 5.82 Å². The highest BCUT2D eigenvalue weighted by Crippen LogP contribution is 2.23. The molecule has 0 spiro atoms. The number of aromatic nitrogens is 1. The molecule has 0 fully saturated rings. The zero-order valence-electron chi connectivity index (χ0n) is 11.4. The van der Waals surface area contributed by atoms with Crippen LogP contribution in [0.15, 0.2) is 53.6 Å². The summed E-state index contributed by atoms with van der Waals surface area (Å²) in [6.45, 7) is 2.17. The van der Waals surface area contributed by atoms with Crippen LogP contribution in [0, 0.1) is 0 Å². The second kappa shape index (κ2) is 5.92. The molecule has 20 heavy (non-hydrogen) atoms. The van der Waals surface area contributed by atoms with Gasteiger partial charge in [0.25, 0.3) is 10.0 Å². The number of rotatable bonds is 5. The molecule has 1 aromatic carbocycles. The third kappa shape index (κ3) is 2.75. The number of sulfonamides is 1. The Balaban J connectivity index is 2.47. The summed E-state index contributed by atoms with van der Waals surface area (Å²) in [5, 5.41) is 2.84. The Morgan fingerprint density at radius 2 is 1.90 bits per heavy atom. The fourth-order valence-electron chi connectivity index (χ4n) is 1.92. The van der Waals surface area contributed by atoms with Crippen molar-refractivity contribution in [1.29, 1.82) is 0 Å². The van der Waals surface area contributed by atoms with Gasteiger partial charge in [-0.2, -0.15) is 0 Å². The minimum absolute atomic E-state index is 0.225. The van der Waals surface area contributed by atoms with E-state index in [1.54, 1.807) is 19.2 Å². The number of hydrogen-bond acceptors (Lipinski definition) is 4. The van der Waals surface area contributed by atoms with Crippen molar-refractivity contribution in [2.45, 2.75) is 11.8 Å². The summed E-state index contributed by atoms with van der Waals surface area (Å²) in [5.74, 6) is 0.523. The topological polar surface area (TPSA) is 62.3 Å². The molecule has 5 nitrogen and oxygen atoms in total. The maximum absolute atomic E-state index is 12.7. The van der Waals surface area contributed by atoms with Crippen molar-refractivity contribution in [2.24, 2.45) is 0 Å². The molecule has 2 rings (SSSR count). The first-order valence-electron chi connectivity index (χ1n) is 6.31. The average Bonchev–Trinajstić information content (AvgIpc) is 2.49. The molecule has 0 aliphatic carbocycles. The number of para-hydroxylation sites is 1. The second-order valence-corrected chi connectivity index (χ2v) is 5.99. The molecule has 1 N–H and O–H groups in total. The number of pyridine rings is 1. The molecule has 106 valence electrons.